The zero-order valence-corrected chi connectivity index (χ0v) is 15.5. The summed E-state index contributed by atoms with van der Waals surface area (Å²) in [5.41, 5.74) is 1.93. The molecule has 0 spiro atoms. The molecule has 130 valence electrons. The van der Waals surface area contributed by atoms with Gasteiger partial charge in [0.2, 0.25) is 10.0 Å². The van der Waals surface area contributed by atoms with Gasteiger partial charge in [-0.3, -0.25) is 4.90 Å². The van der Waals surface area contributed by atoms with E-state index in [1.54, 1.807) is 15.6 Å². The molecule has 1 saturated heterocycles. The van der Waals surface area contributed by atoms with Crippen LogP contribution in [0, 0.1) is 6.92 Å². The highest BCUT2D eigenvalue weighted by molar-refractivity contribution is 7.88. The van der Waals surface area contributed by atoms with E-state index in [9.17, 15) is 8.42 Å². The van der Waals surface area contributed by atoms with Crippen LogP contribution in [0.15, 0.2) is 35.7 Å². The lowest BCUT2D eigenvalue weighted by Gasteiger charge is -2.21. The van der Waals surface area contributed by atoms with E-state index in [1.807, 2.05) is 37.3 Å². The highest BCUT2D eigenvalue weighted by atomic mass is 32.2. The molecule has 1 aliphatic rings. The number of hydrogen-bond acceptors (Lipinski definition) is 5. The van der Waals surface area contributed by atoms with Gasteiger partial charge in [-0.1, -0.05) is 30.3 Å². The SMILES string of the molecule is Cc1nc(CN2CCCN(S(=O)(=O)Cc3ccccc3)CC2)cs1. The Morgan fingerprint density at radius 2 is 1.92 bits per heavy atom. The highest BCUT2D eigenvalue weighted by Crippen LogP contribution is 2.16. The molecule has 7 heteroatoms. The van der Waals surface area contributed by atoms with Crippen molar-refractivity contribution in [2.75, 3.05) is 26.2 Å². The second-order valence-electron chi connectivity index (χ2n) is 6.13. The molecule has 24 heavy (non-hydrogen) atoms. The smallest absolute Gasteiger partial charge is 0.218 e. The summed E-state index contributed by atoms with van der Waals surface area (Å²) in [5, 5.41) is 3.16. The molecule has 0 aliphatic carbocycles. The number of rotatable bonds is 5. The molecule has 0 saturated carbocycles. The van der Waals surface area contributed by atoms with E-state index >= 15 is 0 Å². The van der Waals surface area contributed by atoms with Crippen LogP contribution in [0.4, 0.5) is 0 Å². The lowest BCUT2D eigenvalue weighted by molar-refractivity contribution is 0.276. The molecule has 0 bridgehead atoms. The van der Waals surface area contributed by atoms with E-state index < -0.39 is 10.0 Å². The lowest BCUT2D eigenvalue weighted by Crippen LogP contribution is -2.35. The Bertz CT molecular complexity index is 759. The molecule has 0 atom stereocenters. The average molecular weight is 366 g/mol. The van der Waals surface area contributed by atoms with Crippen molar-refractivity contribution >= 4 is 21.4 Å². The average Bonchev–Trinajstić information content (AvgIpc) is 2.81. The minimum atomic E-state index is -3.26. The summed E-state index contributed by atoms with van der Waals surface area (Å²) in [7, 11) is -3.26. The quantitative estimate of drug-likeness (QED) is 0.817. The van der Waals surface area contributed by atoms with Crippen LogP contribution in [0.2, 0.25) is 0 Å². The molecule has 0 amide bonds. The van der Waals surface area contributed by atoms with Crippen molar-refractivity contribution < 1.29 is 8.42 Å². The van der Waals surface area contributed by atoms with Crippen LogP contribution in [-0.4, -0.2) is 48.8 Å². The van der Waals surface area contributed by atoms with Crippen LogP contribution in [0.3, 0.4) is 0 Å². The summed E-state index contributed by atoms with van der Waals surface area (Å²) in [6, 6.07) is 9.40. The van der Waals surface area contributed by atoms with Crippen LogP contribution < -0.4 is 0 Å². The van der Waals surface area contributed by atoms with Crippen molar-refractivity contribution in [3.05, 3.63) is 52.0 Å². The largest absolute Gasteiger partial charge is 0.296 e. The third-order valence-corrected chi connectivity index (χ3v) is 6.86. The number of thiazole rings is 1. The zero-order valence-electron chi connectivity index (χ0n) is 13.9. The predicted octanol–water partition coefficient (Wildman–Crippen LogP) is 2.49. The Kier molecular flexibility index (Phi) is 5.65. The van der Waals surface area contributed by atoms with Gasteiger partial charge in [0.05, 0.1) is 16.5 Å². The Balaban J connectivity index is 1.60. The lowest BCUT2D eigenvalue weighted by atomic mass is 10.2. The highest BCUT2D eigenvalue weighted by Gasteiger charge is 2.25. The molecule has 2 aromatic rings. The molecule has 1 fully saturated rings. The summed E-state index contributed by atoms with van der Waals surface area (Å²) in [4.78, 5) is 6.80. The topological polar surface area (TPSA) is 53.5 Å². The van der Waals surface area contributed by atoms with E-state index in [-0.39, 0.29) is 5.75 Å². The zero-order chi connectivity index (χ0) is 17.0. The van der Waals surface area contributed by atoms with Gasteiger partial charge in [-0.15, -0.1) is 11.3 Å². The summed E-state index contributed by atoms with van der Waals surface area (Å²) in [5.74, 6) is 0.0825. The van der Waals surface area contributed by atoms with Crippen molar-refractivity contribution in [3.8, 4) is 0 Å². The first-order valence-corrected chi connectivity index (χ1v) is 10.7. The number of aromatic nitrogens is 1. The van der Waals surface area contributed by atoms with Crippen molar-refractivity contribution in [2.45, 2.75) is 25.6 Å². The van der Waals surface area contributed by atoms with Gasteiger partial charge in [0.1, 0.15) is 0 Å². The molecule has 0 unspecified atom stereocenters. The van der Waals surface area contributed by atoms with Crippen LogP contribution in [0.1, 0.15) is 22.7 Å². The fourth-order valence-electron chi connectivity index (χ4n) is 2.97. The number of sulfonamides is 1. The maximum atomic E-state index is 12.7. The van der Waals surface area contributed by atoms with E-state index in [4.69, 9.17) is 0 Å². The number of aryl methyl sites for hydroxylation is 1. The molecular formula is C17H23N3O2S2. The third-order valence-electron chi connectivity index (χ3n) is 4.18. The van der Waals surface area contributed by atoms with Crippen molar-refractivity contribution in [1.29, 1.82) is 0 Å². The van der Waals surface area contributed by atoms with Crippen LogP contribution in [-0.2, 0) is 22.3 Å². The summed E-state index contributed by atoms with van der Waals surface area (Å²) >= 11 is 1.66. The standard InChI is InChI=1S/C17H23N3O2S2/c1-15-18-17(13-23-15)12-19-8-5-9-20(11-10-19)24(21,22)14-16-6-3-2-4-7-16/h2-4,6-7,13H,5,8-12,14H2,1H3. The molecule has 3 rings (SSSR count). The van der Waals surface area contributed by atoms with E-state index in [0.29, 0.717) is 13.1 Å². The Morgan fingerprint density at radius 1 is 1.12 bits per heavy atom. The molecule has 1 aromatic carbocycles. The molecule has 0 radical (unpaired) electrons. The minimum absolute atomic E-state index is 0.0825. The molecule has 2 heterocycles. The Labute approximate surface area is 148 Å². The minimum Gasteiger partial charge on any atom is -0.296 e. The summed E-state index contributed by atoms with van der Waals surface area (Å²) < 4.78 is 27.0. The number of nitrogens with zero attached hydrogens (tertiary/aromatic N) is 3. The fourth-order valence-corrected chi connectivity index (χ4v) is 5.14. The van der Waals surface area contributed by atoms with Gasteiger partial charge in [0.15, 0.2) is 0 Å². The monoisotopic (exact) mass is 365 g/mol. The predicted molar refractivity (Wildman–Crippen MR) is 97.4 cm³/mol. The molecule has 5 nitrogen and oxygen atoms in total. The van der Waals surface area contributed by atoms with Crippen LogP contribution >= 0.6 is 11.3 Å². The Hall–Kier alpha value is -1.28. The van der Waals surface area contributed by atoms with E-state index in [1.165, 1.54) is 0 Å². The summed E-state index contributed by atoms with van der Waals surface area (Å²) in [6.07, 6.45) is 0.858. The summed E-state index contributed by atoms with van der Waals surface area (Å²) in [6.45, 7) is 5.63. The number of hydrogen-bond donors (Lipinski definition) is 0. The van der Waals surface area contributed by atoms with Gasteiger partial charge in [-0.25, -0.2) is 17.7 Å². The van der Waals surface area contributed by atoms with Crippen molar-refractivity contribution in [1.82, 2.24) is 14.2 Å². The van der Waals surface area contributed by atoms with Crippen molar-refractivity contribution in [2.24, 2.45) is 0 Å². The normalized spacial score (nSPS) is 17.7. The van der Waals surface area contributed by atoms with E-state index in [2.05, 4.69) is 15.3 Å². The van der Waals surface area contributed by atoms with Gasteiger partial charge >= 0.3 is 0 Å². The van der Waals surface area contributed by atoms with Crippen LogP contribution in [0.25, 0.3) is 0 Å². The second kappa shape index (κ2) is 7.74. The van der Waals surface area contributed by atoms with Gasteiger partial charge in [-0.05, 0) is 25.5 Å². The molecule has 1 aromatic heterocycles. The second-order valence-corrected chi connectivity index (χ2v) is 9.16. The first kappa shape index (κ1) is 17.5. The first-order valence-electron chi connectivity index (χ1n) is 8.18. The van der Waals surface area contributed by atoms with E-state index in [0.717, 1.165) is 42.3 Å². The molecular weight excluding hydrogens is 342 g/mol. The van der Waals surface area contributed by atoms with Gasteiger partial charge in [0, 0.05) is 31.6 Å². The van der Waals surface area contributed by atoms with Gasteiger partial charge < -0.3 is 0 Å². The maximum absolute atomic E-state index is 12.7. The maximum Gasteiger partial charge on any atom is 0.218 e. The Morgan fingerprint density at radius 3 is 2.62 bits per heavy atom. The van der Waals surface area contributed by atoms with Gasteiger partial charge in [-0.2, -0.15) is 0 Å². The molecule has 0 N–H and O–H groups in total. The number of benzene rings is 1. The fraction of sp³-hybridized carbons (Fsp3) is 0.471. The molecule has 1 aliphatic heterocycles. The van der Waals surface area contributed by atoms with Crippen LogP contribution in [0.5, 0.6) is 0 Å². The first-order chi connectivity index (χ1) is 11.5. The third kappa shape index (κ3) is 4.63. The van der Waals surface area contributed by atoms with Crippen molar-refractivity contribution in [3.63, 3.8) is 0 Å². The van der Waals surface area contributed by atoms with Gasteiger partial charge in [0.25, 0.3) is 0 Å².